The number of nitrogens with one attached hydrogen (secondary N) is 2. The Morgan fingerprint density at radius 3 is 2.94 bits per heavy atom. The summed E-state index contributed by atoms with van der Waals surface area (Å²) in [7, 11) is -3.50. The van der Waals surface area contributed by atoms with Crippen molar-refractivity contribution >= 4 is 54.7 Å². The van der Waals surface area contributed by atoms with Crippen molar-refractivity contribution in [2.45, 2.75) is 0 Å². The molecule has 2 rings (SSSR count). The van der Waals surface area contributed by atoms with Gasteiger partial charge in [-0.15, -0.1) is 0 Å². The molecule has 0 saturated heterocycles. The fraction of sp³-hybridized carbons (Fsp3) is 0.167. The van der Waals surface area contributed by atoms with Gasteiger partial charge >= 0.3 is 0 Å². The lowest BCUT2D eigenvalue weighted by Crippen LogP contribution is -2.15. The maximum absolute atomic E-state index is 11.2. The standard InChI is InChI=1S/C6H5BrClN5O2S/c7-1-16(14,15)13-6-11-4(8)3-5(12-6)10-2-9-3/h2H,1H2,(H2,9,10,11,12,13). The lowest BCUT2D eigenvalue weighted by Gasteiger charge is -2.03. The number of H-pyrrole nitrogens is 1. The summed E-state index contributed by atoms with van der Waals surface area (Å²) in [5.74, 6) is -0.107. The summed E-state index contributed by atoms with van der Waals surface area (Å²) >= 11 is 8.64. The first kappa shape index (κ1) is 11.6. The highest BCUT2D eigenvalue weighted by Gasteiger charge is 2.13. The average molecular weight is 327 g/mol. The van der Waals surface area contributed by atoms with Crippen LogP contribution < -0.4 is 4.72 Å². The Morgan fingerprint density at radius 2 is 2.25 bits per heavy atom. The number of hydrogen-bond donors (Lipinski definition) is 2. The number of aromatic nitrogens is 4. The van der Waals surface area contributed by atoms with Gasteiger partial charge in [0.15, 0.2) is 10.8 Å². The zero-order valence-corrected chi connectivity index (χ0v) is 10.8. The molecule has 16 heavy (non-hydrogen) atoms. The van der Waals surface area contributed by atoms with E-state index in [0.717, 1.165) is 0 Å². The van der Waals surface area contributed by atoms with Crippen LogP contribution in [0.25, 0.3) is 11.2 Å². The number of rotatable bonds is 3. The molecule has 2 aromatic heterocycles. The maximum Gasteiger partial charge on any atom is 0.245 e. The molecule has 0 aliphatic carbocycles. The SMILES string of the molecule is O=S(=O)(CBr)Nc1nc(Cl)c2[nH]cnc2n1. The fourth-order valence-electron chi connectivity index (χ4n) is 1.01. The molecule has 0 fully saturated rings. The summed E-state index contributed by atoms with van der Waals surface area (Å²) in [6, 6.07) is 0. The summed E-state index contributed by atoms with van der Waals surface area (Å²) in [6.07, 6.45) is 1.40. The lowest BCUT2D eigenvalue weighted by atomic mass is 10.6. The monoisotopic (exact) mass is 325 g/mol. The Morgan fingerprint density at radius 1 is 1.50 bits per heavy atom. The zero-order valence-electron chi connectivity index (χ0n) is 7.61. The van der Waals surface area contributed by atoms with Gasteiger partial charge < -0.3 is 4.98 Å². The molecule has 0 atom stereocenters. The third-order valence-corrected chi connectivity index (χ3v) is 4.49. The van der Waals surface area contributed by atoms with Gasteiger partial charge in [-0.25, -0.2) is 13.4 Å². The van der Waals surface area contributed by atoms with Gasteiger partial charge in [0.2, 0.25) is 16.0 Å². The van der Waals surface area contributed by atoms with E-state index in [1.54, 1.807) is 0 Å². The molecule has 0 bridgehead atoms. The van der Waals surface area contributed by atoms with Crippen molar-refractivity contribution in [3.63, 3.8) is 0 Å². The molecule has 0 amide bonds. The molecule has 2 heterocycles. The third-order valence-electron chi connectivity index (χ3n) is 1.63. The molecule has 7 nitrogen and oxygen atoms in total. The first-order valence-electron chi connectivity index (χ1n) is 3.95. The van der Waals surface area contributed by atoms with E-state index in [0.29, 0.717) is 11.2 Å². The van der Waals surface area contributed by atoms with Crippen LogP contribution in [0, 0.1) is 0 Å². The Bertz CT molecular complexity index is 627. The molecule has 0 radical (unpaired) electrons. The van der Waals surface area contributed by atoms with Gasteiger partial charge in [-0.3, -0.25) is 4.72 Å². The van der Waals surface area contributed by atoms with Crippen molar-refractivity contribution in [2.24, 2.45) is 0 Å². The van der Waals surface area contributed by atoms with Crippen LogP contribution >= 0.6 is 27.5 Å². The molecular weight excluding hydrogens is 322 g/mol. The van der Waals surface area contributed by atoms with Crippen LogP contribution in [-0.2, 0) is 10.0 Å². The first-order chi connectivity index (χ1) is 7.52. The molecule has 0 saturated carbocycles. The second-order valence-electron chi connectivity index (χ2n) is 2.77. The van der Waals surface area contributed by atoms with Gasteiger partial charge in [-0.05, 0) is 0 Å². The van der Waals surface area contributed by atoms with Crippen LogP contribution in [0.4, 0.5) is 5.95 Å². The summed E-state index contributed by atoms with van der Waals surface area (Å²) < 4.78 is 24.4. The molecule has 0 aliphatic heterocycles. The minimum atomic E-state index is -3.50. The van der Waals surface area contributed by atoms with Crippen molar-refractivity contribution in [3.8, 4) is 0 Å². The van der Waals surface area contributed by atoms with Crippen LogP contribution in [0.5, 0.6) is 0 Å². The molecular formula is C6H5BrClN5O2S. The number of halogens is 2. The highest BCUT2D eigenvalue weighted by molar-refractivity contribution is 9.10. The van der Waals surface area contributed by atoms with E-state index in [1.165, 1.54) is 6.33 Å². The molecule has 86 valence electrons. The van der Waals surface area contributed by atoms with E-state index in [-0.39, 0.29) is 15.8 Å². The second kappa shape index (κ2) is 4.15. The first-order valence-corrected chi connectivity index (χ1v) is 7.10. The summed E-state index contributed by atoms with van der Waals surface area (Å²) in [6.45, 7) is 0. The fourth-order valence-corrected chi connectivity index (χ4v) is 2.00. The van der Waals surface area contributed by atoms with Gasteiger partial charge in [0, 0.05) is 0 Å². The smallest absolute Gasteiger partial charge is 0.245 e. The number of alkyl halides is 1. The molecule has 0 spiro atoms. The van der Waals surface area contributed by atoms with E-state index in [1.807, 2.05) is 0 Å². The average Bonchev–Trinajstić information content (AvgIpc) is 2.65. The minimum Gasteiger partial charge on any atom is -0.341 e. The Labute approximate surface area is 104 Å². The van der Waals surface area contributed by atoms with E-state index >= 15 is 0 Å². The number of hydrogen-bond acceptors (Lipinski definition) is 5. The quantitative estimate of drug-likeness (QED) is 0.650. The molecule has 0 unspecified atom stereocenters. The molecule has 2 aromatic rings. The second-order valence-corrected chi connectivity index (χ2v) is 6.15. The van der Waals surface area contributed by atoms with Crippen molar-refractivity contribution in [3.05, 3.63) is 11.5 Å². The molecule has 0 aromatic carbocycles. The topological polar surface area (TPSA) is 101 Å². The lowest BCUT2D eigenvalue weighted by molar-refractivity contribution is 0.605. The Hall–Kier alpha value is -0.930. The van der Waals surface area contributed by atoms with Crippen molar-refractivity contribution in [1.29, 1.82) is 0 Å². The predicted molar refractivity (Wildman–Crippen MR) is 63.0 cm³/mol. The minimum absolute atomic E-state index is 0.106. The highest BCUT2D eigenvalue weighted by atomic mass is 79.9. The largest absolute Gasteiger partial charge is 0.341 e. The predicted octanol–water partition coefficient (Wildman–Crippen LogP) is 1.10. The van der Waals surface area contributed by atoms with E-state index < -0.39 is 10.0 Å². The molecule has 10 heteroatoms. The molecule has 2 N–H and O–H groups in total. The number of imidazole rings is 1. The van der Waals surface area contributed by atoms with Gasteiger partial charge in [0.05, 0.1) is 6.33 Å². The van der Waals surface area contributed by atoms with Crippen LogP contribution in [0.1, 0.15) is 0 Å². The molecule has 0 aliphatic rings. The van der Waals surface area contributed by atoms with Crippen molar-refractivity contribution in [1.82, 2.24) is 19.9 Å². The zero-order chi connectivity index (χ0) is 11.8. The normalized spacial score (nSPS) is 11.9. The van der Waals surface area contributed by atoms with Gasteiger partial charge in [0.25, 0.3) is 0 Å². The van der Waals surface area contributed by atoms with Gasteiger partial charge in [-0.2, -0.15) is 9.97 Å². The van der Waals surface area contributed by atoms with Crippen LogP contribution in [0.2, 0.25) is 5.15 Å². The van der Waals surface area contributed by atoms with Crippen LogP contribution in [0.15, 0.2) is 6.33 Å². The van der Waals surface area contributed by atoms with E-state index in [2.05, 4.69) is 40.6 Å². The van der Waals surface area contributed by atoms with E-state index in [9.17, 15) is 8.42 Å². The Kier molecular flexibility index (Phi) is 3.00. The summed E-state index contributed by atoms with van der Waals surface area (Å²) in [5, 5.41) is 0.106. The van der Waals surface area contributed by atoms with Crippen LogP contribution in [-0.4, -0.2) is 33.0 Å². The highest BCUT2D eigenvalue weighted by Crippen LogP contribution is 2.18. The Balaban J connectivity index is 2.46. The number of fused-ring (bicyclic) bond motifs is 1. The van der Waals surface area contributed by atoms with Crippen LogP contribution in [0.3, 0.4) is 0 Å². The number of sulfonamides is 1. The van der Waals surface area contributed by atoms with Gasteiger partial charge in [0.1, 0.15) is 10.2 Å². The number of anilines is 1. The van der Waals surface area contributed by atoms with Gasteiger partial charge in [-0.1, -0.05) is 27.5 Å². The van der Waals surface area contributed by atoms with Crippen molar-refractivity contribution in [2.75, 3.05) is 9.38 Å². The number of aromatic amines is 1. The summed E-state index contributed by atoms with van der Waals surface area (Å²) in [4.78, 5) is 14.3. The number of nitrogens with zero attached hydrogens (tertiary/aromatic N) is 3. The van der Waals surface area contributed by atoms with E-state index in [4.69, 9.17) is 11.6 Å². The third kappa shape index (κ3) is 2.25. The van der Waals surface area contributed by atoms with Crippen molar-refractivity contribution < 1.29 is 8.42 Å². The maximum atomic E-state index is 11.2. The summed E-state index contributed by atoms with van der Waals surface area (Å²) in [5.41, 5.74) is 0.760.